The van der Waals surface area contributed by atoms with E-state index in [0.29, 0.717) is 29.5 Å². The molecule has 0 aliphatic rings. The van der Waals surface area contributed by atoms with E-state index in [1.807, 2.05) is 13.8 Å². The molecule has 1 amide bonds. The Morgan fingerprint density at radius 1 is 1.21 bits per heavy atom. The molecule has 2 rings (SSSR count). The topological polar surface area (TPSA) is 93.2 Å². The monoisotopic (exact) mass is 328 g/mol. The number of ether oxygens (including phenoxy) is 1. The molecule has 7 heteroatoms. The third-order valence-corrected chi connectivity index (χ3v) is 3.11. The Hall–Kier alpha value is -2.96. The zero-order chi connectivity index (χ0) is 17.5. The molecule has 24 heavy (non-hydrogen) atoms. The quantitative estimate of drug-likeness (QED) is 0.791. The van der Waals surface area contributed by atoms with Gasteiger partial charge in [0.05, 0.1) is 25.1 Å². The molecule has 2 N–H and O–H groups in total. The highest BCUT2D eigenvalue weighted by Gasteiger charge is 2.09. The number of nitrogens with one attached hydrogen (secondary N) is 2. The molecule has 0 bridgehead atoms. The van der Waals surface area contributed by atoms with Crippen LogP contribution in [0.25, 0.3) is 0 Å². The van der Waals surface area contributed by atoms with Crippen LogP contribution in [-0.2, 0) is 4.74 Å². The standard InChI is InChI=1S/C17H20N4O3/c1-11(2)8-20-16(22)14-9-19-15(10-18-14)21-13-6-4-5-12(7-13)17(23)24-3/h4-7,9-11H,8H2,1-3H3,(H,19,21)(H,20,22). The smallest absolute Gasteiger partial charge is 0.337 e. The first-order valence-electron chi connectivity index (χ1n) is 7.55. The summed E-state index contributed by atoms with van der Waals surface area (Å²) in [6, 6.07) is 6.83. The van der Waals surface area contributed by atoms with Crippen LogP contribution in [0.1, 0.15) is 34.7 Å². The fraction of sp³-hybridized carbons (Fsp3) is 0.294. The van der Waals surface area contributed by atoms with Gasteiger partial charge < -0.3 is 15.4 Å². The molecule has 0 aliphatic heterocycles. The van der Waals surface area contributed by atoms with Crippen LogP contribution < -0.4 is 10.6 Å². The molecule has 1 aromatic heterocycles. The molecule has 0 saturated carbocycles. The third kappa shape index (κ3) is 4.77. The van der Waals surface area contributed by atoms with E-state index in [9.17, 15) is 9.59 Å². The van der Waals surface area contributed by atoms with Gasteiger partial charge in [-0.2, -0.15) is 0 Å². The van der Waals surface area contributed by atoms with E-state index in [-0.39, 0.29) is 11.6 Å². The van der Waals surface area contributed by atoms with E-state index in [0.717, 1.165) is 0 Å². The molecular formula is C17H20N4O3. The van der Waals surface area contributed by atoms with Crippen LogP contribution in [0.5, 0.6) is 0 Å². The minimum Gasteiger partial charge on any atom is -0.465 e. The number of anilines is 2. The molecule has 126 valence electrons. The lowest BCUT2D eigenvalue weighted by molar-refractivity contribution is 0.0600. The van der Waals surface area contributed by atoms with Gasteiger partial charge in [-0.15, -0.1) is 0 Å². The number of methoxy groups -OCH3 is 1. The highest BCUT2D eigenvalue weighted by molar-refractivity contribution is 5.92. The molecule has 1 heterocycles. The van der Waals surface area contributed by atoms with E-state index >= 15 is 0 Å². The van der Waals surface area contributed by atoms with E-state index in [4.69, 9.17) is 0 Å². The zero-order valence-electron chi connectivity index (χ0n) is 13.9. The maximum atomic E-state index is 11.9. The fourth-order valence-electron chi connectivity index (χ4n) is 1.89. The van der Waals surface area contributed by atoms with Crippen LogP contribution in [0.15, 0.2) is 36.7 Å². The Morgan fingerprint density at radius 3 is 2.62 bits per heavy atom. The first kappa shape index (κ1) is 17.4. The number of esters is 1. The molecule has 1 aromatic carbocycles. The van der Waals surface area contributed by atoms with Crippen LogP contribution in [0.3, 0.4) is 0 Å². The number of aromatic nitrogens is 2. The molecule has 0 fully saturated rings. The van der Waals surface area contributed by atoms with Crippen molar-refractivity contribution in [1.29, 1.82) is 0 Å². The number of benzene rings is 1. The van der Waals surface area contributed by atoms with Gasteiger partial charge in [0.2, 0.25) is 0 Å². The van der Waals surface area contributed by atoms with Crippen molar-refractivity contribution in [3.63, 3.8) is 0 Å². The third-order valence-electron chi connectivity index (χ3n) is 3.11. The number of hydrogen-bond acceptors (Lipinski definition) is 6. The van der Waals surface area contributed by atoms with Crippen molar-refractivity contribution >= 4 is 23.4 Å². The van der Waals surface area contributed by atoms with Crippen molar-refractivity contribution in [2.75, 3.05) is 19.0 Å². The second kappa shape index (κ2) is 8.05. The Balaban J connectivity index is 2.04. The van der Waals surface area contributed by atoms with Gasteiger partial charge in [0.15, 0.2) is 0 Å². The summed E-state index contributed by atoms with van der Waals surface area (Å²) >= 11 is 0. The normalized spacial score (nSPS) is 10.3. The molecule has 0 spiro atoms. The molecule has 0 unspecified atom stereocenters. The van der Waals surface area contributed by atoms with E-state index in [1.165, 1.54) is 19.5 Å². The Morgan fingerprint density at radius 2 is 2.00 bits per heavy atom. The first-order chi connectivity index (χ1) is 11.5. The van der Waals surface area contributed by atoms with Gasteiger partial charge >= 0.3 is 5.97 Å². The molecule has 2 aromatic rings. The Kier molecular flexibility index (Phi) is 5.83. The summed E-state index contributed by atoms with van der Waals surface area (Å²) < 4.78 is 4.68. The fourth-order valence-corrected chi connectivity index (χ4v) is 1.89. The lowest BCUT2D eigenvalue weighted by Gasteiger charge is -2.09. The molecule has 7 nitrogen and oxygen atoms in total. The average Bonchev–Trinajstić information content (AvgIpc) is 2.59. The molecule has 0 saturated heterocycles. The summed E-state index contributed by atoms with van der Waals surface area (Å²) in [5, 5.41) is 5.81. The average molecular weight is 328 g/mol. The highest BCUT2D eigenvalue weighted by atomic mass is 16.5. The predicted octanol–water partition coefficient (Wildman–Crippen LogP) is 2.39. The Labute approximate surface area is 140 Å². The first-order valence-corrected chi connectivity index (χ1v) is 7.55. The lowest BCUT2D eigenvalue weighted by Crippen LogP contribution is -2.28. The van der Waals surface area contributed by atoms with Gasteiger partial charge in [0.25, 0.3) is 5.91 Å². The highest BCUT2D eigenvalue weighted by Crippen LogP contribution is 2.16. The second-order valence-electron chi connectivity index (χ2n) is 5.59. The maximum Gasteiger partial charge on any atom is 0.337 e. The summed E-state index contributed by atoms with van der Waals surface area (Å²) in [4.78, 5) is 31.7. The molecular weight excluding hydrogens is 308 g/mol. The van der Waals surface area contributed by atoms with Gasteiger partial charge in [-0.1, -0.05) is 19.9 Å². The van der Waals surface area contributed by atoms with Crippen LogP contribution in [0.2, 0.25) is 0 Å². The van der Waals surface area contributed by atoms with Crippen LogP contribution in [0.4, 0.5) is 11.5 Å². The summed E-state index contributed by atoms with van der Waals surface area (Å²) in [6.07, 6.45) is 2.87. The number of nitrogens with zero attached hydrogens (tertiary/aromatic N) is 2. The van der Waals surface area contributed by atoms with Crippen molar-refractivity contribution in [2.24, 2.45) is 5.92 Å². The number of carbonyl (C=O) groups is 2. The van der Waals surface area contributed by atoms with Crippen molar-refractivity contribution in [1.82, 2.24) is 15.3 Å². The minimum absolute atomic E-state index is 0.254. The predicted molar refractivity (Wildman–Crippen MR) is 90.3 cm³/mol. The summed E-state index contributed by atoms with van der Waals surface area (Å²) in [5.41, 5.74) is 1.36. The van der Waals surface area contributed by atoms with E-state index in [1.54, 1.807) is 24.3 Å². The van der Waals surface area contributed by atoms with Gasteiger partial charge in [-0.3, -0.25) is 4.79 Å². The van der Waals surface area contributed by atoms with Gasteiger partial charge in [0, 0.05) is 12.2 Å². The van der Waals surface area contributed by atoms with E-state index in [2.05, 4.69) is 25.3 Å². The summed E-state index contributed by atoms with van der Waals surface area (Å²) in [7, 11) is 1.33. The van der Waals surface area contributed by atoms with Crippen molar-refractivity contribution < 1.29 is 14.3 Å². The summed E-state index contributed by atoms with van der Waals surface area (Å²) in [6.45, 7) is 4.61. The molecule has 0 radical (unpaired) electrons. The number of carbonyl (C=O) groups excluding carboxylic acids is 2. The maximum absolute atomic E-state index is 11.9. The minimum atomic E-state index is -0.415. The van der Waals surface area contributed by atoms with Crippen molar-refractivity contribution in [3.05, 3.63) is 47.9 Å². The lowest BCUT2D eigenvalue weighted by atomic mass is 10.2. The Bertz CT molecular complexity index is 714. The molecule has 0 aliphatic carbocycles. The number of hydrogen-bond donors (Lipinski definition) is 2. The van der Waals surface area contributed by atoms with Crippen LogP contribution in [0, 0.1) is 5.92 Å². The SMILES string of the molecule is COC(=O)c1cccc(Nc2cnc(C(=O)NCC(C)C)cn2)c1. The largest absolute Gasteiger partial charge is 0.465 e. The van der Waals surface area contributed by atoms with Gasteiger partial charge in [-0.05, 0) is 24.1 Å². The van der Waals surface area contributed by atoms with Gasteiger partial charge in [0.1, 0.15) is 11.5 Å². The zero-order valence-corrected chi connectivity index (χ0v) is 13.9. The van der Waals surface area contributed by atoms with Crippen molar-refractivity contribution in [2.45, 2.75) is 13.8 Å². The van der Waals surface area contributed by atoms with E-state index < -0.39 is 5.97 Å². The van der Waals surface area contributed by atoms with Crippen molar-refractivity contribution in [3.8, 4) is 0 Å². The number of rotatable bonds is 6. The van der Waals surface area contributed by atoms with Crippen LogP contribution in [-0.4, -0.2) is 35.5 Å². The second-order valence-corrected chi connectivity index (χ2v) is 5.59. The van der Waals surface area contributed by atoms with Gasteiger partial charge in [-0.25, -0.2) is 14.8 Å². The summed E-state index contributed by atoms with van der Waals surface area (Å²) in [5.74, 6) is 0.166. The number of amides is 1. The van der Waals surface area contributed by atoms with Crippen LogP contribution >= 0.6 is 0 Å². The molecule has 0 atom stereocenters.